The molecule has 0 spiro atoms. The summed E-state index contributed by atoms with van der Waals surface area (Å²) < 4.78 is 1.15. The highest BCUT2D eigenvalue weighted by Crippen LogP contribution is 2.18. The van der Waals surface area contributed by atoms with E-state index in [9.17, 15) is 9.59 Å². The summed E-state index contributed by atoms with van der Waals surface area (Å²) in [4.78, 5) is 30.0. The highest BCUT2D eigenvalue weighted by atomic mass is 16.2. The molecule has 0 atom stereocenters. The Hall–Kier alpha value is -2.70. The van der Waals surface area contributed by atoms with E-state index in [2.05, 4.69) is 20.3 Å². The minimum Gasteiger partial charge on any atom is -0.357 e. The van der Waals surface area contributed by atoms with E-state index in [4.69, 9.17) is 0 Å². The Morgan fingerprint density at radius 1 is 1.26 bits per heavy atom. The third kappa shape index (κ3) is 3.56. The number of anilines is 1. The fourth-order valence-corrected chi connectivity index (χ4v) is 2.59. The maximum absolute atomic E-state index is 12.1. The normalized spacial score (nSPS) is 14.0. The summed E-state index contributed by atoms with van der Waals surface area (Å²) in [5, 5.41) is 6.75. The van der Waals surface area contributed by atoms with E-state index in [0.29, 0.717) is 6.54 Å². The van der Waals surface area contributed by atoms with Crippen LogP contribution in [0.4, 0.5) is 5.82 Å². The maximum Gasteiger partial charge on any atom is 0.271 e. The van der Waals surface area contributed by atoms with Gasteiger partial charge in [0.15, 0.2) is 0 Å². The second-order valence-electron chi connectivity index (χ2n) is 5.58. The van der Waals surface area contributed by atoms with Crippen molar-refractivity contribution in [1.82, 2.24) is 20.1 Å². The summed E-state index contributed by atoms with van der Waals surface area (Å²) in [5.74, 6) is 0.648. The van der Waals surface area contributed by atoms with Crippen molar-refractivity contribution in [3.8, 4) is 0 Å². The Morgan fingerprint density at radius 2 is 2.04 bits per heavy atom. The molecule has 120 valence electrons. The fourth-order valence-electron chi connectivity index (χ4n) is 2.59. The van der Waals surface area contributed by atoms with Gasteiger partial charge in [0.1, 0.15) is 11.5 Å². The van der Waals surface area contributed by atoms with Crippen molar-refractivity contribution in [2.24, 2.45) is 7.05 Å². The standard InChI is InChI=1S/C16H19N5O2/c1-20-15(22)5-4-13(19-20)16(23)18-11-12-6-7-17-14(10-12)21-8-2-3-9-21/h4-7,10H,2-3,8-9,11H2,1H3,(H,18,23). The predicted octanol–water partition coefficient (Wildman–Crippen LogP) is 0.705. The van der Waals surface area contributed by atoms with Gasteiger partial charge in [-0.2, -0.15) is 5.10 Å². The number of rotatable bonds is 4. The first-order chi connectivity index (χ1) is 11.1. The van der Waals surface area contributed by atoms with Gasteiger partial charge < -0.3 is 10.2 Å². The first kappa shape index (κ1) is 15.2. The molecule has 1 amide bonds. The molecule has 1 aliphatic rings. The van der Waals surface area contributed by atoms with Gasteiger partial charge in [0.2, 0.25) is 0 Å². The monoisotopic (exact) mass is 313 g/mol. The summed E-state index contributed by atoms with van der Waals surface area (Å²) in [6.07, 6.45) is 4.15. The zero-order chi connectivity index (χ0) is 16.2. The molecule has 1 fully saturated rings. The summed E-state index contributed by atoms with van der Waals surface area (Å²) in [6, 6.07) is 6.65. The van der Waals surface area contributed by atoms with Gasteiger partial charge in [0.25, 0.3) is 11.5 Å². The molecule has 2 aromatic heterocycles. The average molecular weight is 313 g/mol. The fraction of sp³-hybridized carbons (Fsp3) is 0.375. The molecule has 1 N–H and O–H groups in total. The number of nitrogens with one attached hydrogen (secondary N) is 1. The number of carbonyl (C=O) groups excluding carboxylic acids is 1. The molecule has 0 bridgehead atoms. The molecule has 1 aliphatic heterocycles. The molecule has 7 heteroatoms. The van der Waals surface area contributed by atoms with Gasteiger partial charge in [0, 0.05) is 38.9 Å². The lowest BCUT2D eigenvalue weighted by atomic mass is 10.2. The molecule has 0 saturated carbocycles. The molecule has 0 unspecified atom stereocenters. The second-order valence-corrected chi connectivity index (χ2v) is 5.58. The van der Waals surface area contributed by atoms with Crippen LogP contribution < -0.4 is 15.8 Å². The SMILES string of the molecule is Cn1nc(C(=O)NCc2ccnc(N3CCCC3)c2)ccc1=O. The second kappa shape index (κ2) is 6.60. The lowest BCUT2D eigenvalue weighted by Gasteiger charge is -2.17. The van der Waals surface area contributed by atoms with Crippen LogP contribution in [0.5, 0.6) is 0 Å². The summed E-state index contributed by atoms with van der Waals surface area (Å²) in [5.41, 5.74) is 0.965. The minimum atomic E-state index is -0.305. The van der Waals surface area contributed by atoms with Crippen LogP contribution in [-0.4, -0.2) is 33.8 Å². The number of pyridine rings is 1. The summed E-state index contributed by atoms with van der Waals surface area (Å²) in [6.45, 7) is 2.46. The highest BCUT2D eigenvalue weighted by Gasteiger charge is 2.14. The number of nitrogens with zero attached hydrogens (tertiary/aromatic N) is 4. The van der Waals surface area contributed by atoms with E-state index >= 15 is 0 Å². The zero-order valence-electron chi connectivity index (χ0n) is 13.0. The smallest absolute Gasteiger partial charge is 0.271 e. The van der Waals surface area contributed by atoms with Crippen molar-refractivity contribution in [2.75, 3.05) is 18.0 Å². The number of hydrogen-bond acceptors (Lipinski definition) is 5. The quantitative estimate of drug-likeness (QED) is 0.899. The van der Waals surface area contributed by atoms with E-state index in [0.717, 1.165) is 29.2 Å². The van der Waals surface area contributed by atoms with E-state index in [1.165, 1.54) is 32.0 Å². The van der Waals surface area contributed by atoms with E-state index in [1.807, 2.05) is 12.1 Å². The third-order valence-electron chi connectivity index (χ3n) is 3.89. The van der Waals surface area contributed by atoms with E-state index in [1.54, 1.807) is 6.20 Å². The first-order valence-electron chi connectivity index (χ1n) is 7.66. The molecule has 0 aromatic carbocycles. The van der Waals surface area contributed by atoms with Crippen LogP contribution >= 0.6 is 0 Å². The van der Waals surface area contributed by atoms with Gasteiger partial charge in [-0.15, -0.1) is 0 Å². The molecule has 7 nitrogen and oxygen atoms in total. The lowest BCUT2D eigenvalue weighted by Crippen LogP contribution is -2.28. The first-order valence-corrected chi connectivity index (χ1v) is 7.66. The largest absolute Gasteiger partial charge is 0.357 e. The Morgan fingerprint density at radius 3 is 2.78 bits per heavy atom. The van der Waals surface area contributed by atoms with Crippen LogP contribution in [0.25, 0.3) is 0 Å². The van der Waals surface area contributed by atoms with Crippen molar-refractivity contribution < 1.29 is 4.79 Å². The van der Waals surface area contributed by atoms with Gasteiger partial charge in [-0.3, -0.25) is 9.59 Å². The average Bonchev–Trinajstić information content (AvgIpc) is 3.10. The Balaban J connectivity index is 1.65. The number of aryl methyl sites for hydroxylation is 1. The van der Waals surface area contributed by atoms with E-state index in [-0.39, 0.29) is 17.2 Å². The van der Waals surface area contributed by atoms with E-state index < -0.39 is 0 Å². The Kier molecular flexibility index (Phi) is 4.36. The molecule has 2 aromatic rings. The topological polar surface area (TPSA) is 80.1 Å². The predicted molar refractivity (Wildman–Crippen MR) is 86.3 cm³/mol. The van der Waals surface area contributed by atoms with Gasteiger partial charge >= 0.3 is 0 Å². The van der Waals surface area contributed by atoms with Gasteiger partial charge in [-0.25, -0.2) is 9.67 Å². The number of amides is 1. The van der Waals surface area contributed by atoms with Gasteiger partial charge in [0.05, 0.1) is 0 Å². The molecule has 0 radical (unpaired) electrons. The molecule has 3 rings (SSSR count). The molecule has 0 aliphatic carbocycles. The van der Waals surface area contributed by atoms with Crippen molar-refractivity contribution in [1.29, 1.82) is 0 Å². The maximum atomic E-state index is 12.1. The number of carbonyl (C=O) groups is 1. The van der Waals surface area contributed by atoms with Crippen LogP contribution in [0.2, 0.25) is 0 Å². The molecule has 1 saturated heterocycles. The van der Waals surface area contributed by atoms with Crippen molar-refractivity contribution in [2.45, 2.75) is 19.4 Å². The molecule has 23 heavy (non-hydrogen) atoms. The Labute approximate surface area is 134 Å². The number of hydrogen-bond donors (Lipinski definition) is 1. The number of aromatic nitrogens is 3. The van der Waals surface area contributed by atoms with Gasteiger partial charge in [-0.1, -0.05) is 0 Å². The third-order valence-corrected chi connectivity index (χ3v) is 3.89. The van der Waals surface area contributed by atoms with Crippen molar-refractivity contribution in [3.63, 3.8) is 0 Å². The van der Waals surface area contributed by atoms with Crippen LogP contribution in [-0.2, 0) is 13.6 Å². The zero-order valence-corrected chi connectivity index (χ0v) is 13.0. The van der Waals surface area contributed by atoms with Gasteiger partial charge in [-0.05, 0) is 36.6 Å². The van der Waals surface area contributed by atoms with Crippen LogP contribution in [0.3, 0.4) is 0 Å². The highest BCUT2D eigenvalue weighted by molar-refractivity contribution is 5.91. The van der Waals surface area contributed by atoms with Crippen LogP contribution in [0.15, 0.2) is 35.3 Å². The molecule has 3 heterocycles. The lowest BCUT2D eigenvalue weighted by molar-refractivity contribution is 0.0943. The summed E-state index contributed by atoms with van der Waals surface area (Å²) >= 11 is 0. The van der Waals surface area contributed by atoms with Crippen LogP contribution in [0.1, 0.15) is 28.9 Å². The van der Waals surface area contributed by atoms with Crippen LogP contribution in [0, 0.1) is 0 Å². The summed E-state index contributed by atoms with van der Waals surface area (Å²) in [7, 11) is 1.52. The minimum absolute atomic E-state index is 0.223. The van der Waals surface area contributed by atoms with Crippen molar-refractivity contribution >= 4 is 11.7 Å². The Bertz CT molecular complexity index is 765. The van der Waals surface area contributed by atoms with Crippen molar-refractivity contribution in [3.05, 3.63) is 52.1 Å². The molecular formula is C16H19N5O2. The molecular weight excluding hydrogens is 294 g/mol.